The van der Waals surface area contributed by atoms with Crippen molar-refractivity contribution in [1.82, 2.24) is 5.32 Å². The molecule has 33 heavy (non-hydrogen) atoms. The molecule has 2 N–H and O–H groups in total. The average Bonchev–Trinajstić information content (AvgIpc) is 3.34. The first kappa shape index (κ1) is 23.1. The fraction of sp³-hybridized carbons (Fsp3) is 0.0476. The number of thiophene rings is 1. The number of hydrogen-bond acceptors (Lipinski definition) is 8. The summed E-state index contributed by atoms with van der Waals surface area (Å²) in [4.78, 5) is 46.8. The van der Waals surface area contributed by atoms with Gasteiger partial charge in [-0.05, 0) is 29.2 Å². The smallest absolute Gasteiger partial charge is 0.273 e. The second-order valence-corrected chi connectivity index (χ2v) is 7.39. The summed E-state index contributed by atoms with van der Waals surface area (Å²) >= 11 is 1.17. The Morgan fingerprint density at radius 1 is 1.00 bits per heavy atom. The highest BCUT2D eigenvalue weighted by Gasteiger charge is 2.19. The van der Waals surface area contributed by atoms with Crippen LogP contribution in [-0.2, 0) is 4.79 Å². The third kappa shape index (κ3) is 5.77. The first-order chi connectivity index (χ1) is 15.8. The highest BCUT2D eigenvalue weighted by molar-refractivity contribution is 7.12. The lowest BCUT2D eigenvalue weighted by atomic mass is 10.1. The molecule has 1 aromatic heterocycles. The third-order valence-corrected chi connectivity index (χ3v) is 5.14. The van der Waals surface area contributed by atoms with Crippen molar-refractivity contribution in [3.63, 3.8) is 0 Å². The molecule has 2 amide bonds. The molecule has 0 bridgehead atoms. The molecular formula is C21H16N4O7S. The van der Waals surface area contributed by atoms with Crippen molar-refractivity contribution < 1.29 is 24.2 Å². The minimum Gasteiger partial charge on any atom is -0.494 e. The predicted octanol–water partition coefficient (Wildman–Crippen LogP) is 3.98. The number of carbonyl (C=O) groups excluding carboxylic acids is 2. The van der Waals surface area contributed by atoms with E-state index < -0.39 is 21.7 Å². The Balaban J connectivity index is 1.95. The van der Waals surface area contributed by atoms with Gasteiger partial charge in [0.15, 0.2) is 0 Å². The summed E-state index contributed by atoms with van der Waals surface area (Å²) in [5, 5.41) is 28.8. The van der Waals surface area contributed by atoms with Crippen LogP contribution in [0.3, 0.4) is 0 Å². The summed E-state index contributed by atoms with van der Waals surface area (Å²) in [5.41, 5.74) is -0.192. The Labute approximate surface area is 190 Å². The van der Waals surface area contributed by atoms with Crippen molar-refractivity contribution in [2.24, 2.45) is 0 Å². The van der Waals surface area contributed by atoms with E-state index in [0.29, 0.717) is 10.4 Å². The van der Waals surface area contributed by atoms with Crippen LogP contribution in [0.2, 0.25) is 0 Å². The summed E-state index contributed by atoms with van der Waals surface area (Å²) in [6, 6.07) is 12.4. The molecule has 1 heterocycles. The van der Waals surface area contributed by atoms with Crippen molar-refractivity contribution in [2.75, 3.05) is 12.4 Å². The summed E-state index contributed by atoms with van der Waals surface area (Å²) in [6.45, 7) is 0. The fourth-order valence-electron chi connectivity index (χ4n) is 2.73. The van der Waals surface area contributed by atoms with Gasteiger partial charge in [-0.3, -0.25) is 29.8 Å². The van der Waals surface area contributed by atoms with Gasteiger partial charge in [-0.25, -0.2) is 0 Å². The van der Waals surface area contributed by atoms with Gasteiger partial charge in [0, 0.05) is 18.2 Å². The van der Waals surface area contributed by atoms with Crippen molar-refractivity contribution in [3.05, 3.63) is 96.3 Å². The van der Waals surface area contributed by atoms with Crippen molar-refractivity contribution in [3.8, 4) is 5.75 Å². The van der Waals surface area contributed by atoms with Gasteiger partial charge in [-0.15, -0.1) is 11.3 Å². The number of nitro groups is 2. The summed E-state index contributed by atoms with van der Waals surface area (Å²) < 4.78 is 5.12. The van der Waals surface area contributed by atoms with E-state index in [-0.39, 0.29) is 28.5 Å². The molecule has 168 valence electrons. The zero-order valence-electron chi connectivity index (χ0n) is 17.0. The van der Waals surface area contributed by atoms with E-state index in [0.717, 1.165) is 6.07 Å². The quantitative estimate of drug-likeness (QED) is 0.288. The van der Waals surface area contributed by atoms with Gasteiger partial charge in [0.1, 0.15) is 11.4 Å². The molecule has 0 atom stereocenters. The van der Waals surface area contributed by atoms with Gasteiger partial charge in [-0.1, -0.05) is 18.2 Å². The van der Waals surface area contributed by atoms with Crippen molar-refractivity contribution >= 4 is 46.3 Å². The van der Waals surface area contributed by atoms with Gasteiger partial charge in [-0.2, -0.15) is 0 Å². The number of carbonyl (C=O) groups is 2. The van der Waals surface area contributed by atoms with E-state index in [1.165, 1.54) is 60.9 Å². The SMILES string of the molecule is COc1cc([N+](=O)[O-])ccc1NC(=O)/C(=C/c1cccc([N+](=O)[O-])c1)NC(=O)c1cccs1. The van der Waals surface area contributed by atoms with E-state index >= 15 is 0 Å². The molecule has 0 radical (unpaired) electrons. The van der Waals surface area contributed by atoms with Gasteiger partial charge >= 0.3 is 0 Å². The highest BCUT2D eigenvalue weighted by atomic mass is 32.1. The molecule has 0 aliphatic heterocycles. The van der Waals surface area contributed by atoms with E-state index in [4.69, 9.17) is 4.74 Å². The maximum absolute atomic E-state index is 13.0. The molecule has 0 aliphatic carbocycles. The third-order valence-electron chi connectivity index (χ3n) is 4.27. The number of methoxy groups -OCH3 is 1. The van der Waals surface area contributed by atoms with Gasteiger partial charge < -0.3 is 15.4 Å². The number of non-ortho nitro benzene ring substituents is 2. The molecular weight excluding hydrogens is 452 g/mol. The standard InChI is InChI=1S/C21H16N4O7S/c1-32-18-12-15(25(30)31)7-8-16(18)22-20(26)17(23-21(27)19-6-3-9-33-19)11-13-4-2-5-14(10-13)24(28)29/h2-12H,1H3,(H,22,26)(H,23,27)/b17-11-. The molecule has 0 saturated carbocycles. The van der Waals surface area contributed by atoms with E-state index in [1.807, 2.05) is 0 Å². The molecule has 3 rings (SSSR count). The lowest BCUT2D eigenvalue weighted by molar-refractivity contribution is -0.385. The van der Waals surface area contributed by atoms with Crippen LogP contribution in [0.5, 0.6) is 5.75 Å². The number of hydrogen-bond donors (Lipinski definition) is 2. The molecule has 0 spiro atoms. The van der Waals surface area contributed by atoms with Crippen LogP contribution in [0.1, 0.15) is 15.2 Å². The van der Waals surface area contributed by atoms with Gasteiger partial charge in [0.2, 0.25) is 0 Å². The van der Waals surface area contributed by atoms with Crippen LogP contribution in [0, 0.1) is 20.2 Å². The fourth-order valence-corrected chi connectivity index (χ4v) is 3.35. The molecule has 0 unspecified atom stereocenters. The molecule has 0 fully saturated rings. The number of ether oxygens (including phenoxy) is 1. The minimum atomic E-state index is -0.765. The van der Waals surface area contributed by atoms with Crippen LogP contribution in [0.4, 0.5) is 17.1 Å². The van der Waals surface area contributed by atoms with Crippen molar-refractivity contribution in [1.29, 1.82) is 0 Å². The number of benzene rings is 2. The number of rotatable bonds is 8. The summed E-state index contributed by atoms with van der Waals surface area (Å²) in [5.74, 6) is -1.28. The Morgan fingerprint density at radius 3 is 2.36 bits per heavy atom. The number of nitrogens with one attached hydrogen (secondary N) is 2. The maximum atomic E-state index is 13.0. The van der Waals surface area contributed by atoms with Crippen LogP contribution < -0.4 is 15.4 Å². The predicted molar refractivity (Wildman–Crippen MR) is 121 cm³/mol. The lowest BCUT2D eigenvalue weighted by Crippen LogP contribution is -2.30. The first-order valence-corrected chi connectivity index (χ1v) is 10.1. The van der Waals surface area contributed by atoms with Crippen LogP contribution in [-0.4, -0.2) is 28.8 Å². The number of amides is 2. The normalized spacial score (nSPS) is 10.9. The molecule has 11 nitrogen and oxygen atoms in total. The lowest BCUT2D eigenvalue weighted by Gasteiger charge is -2.13. The van der Waals surface area contributed by atoms with E-state index in [1.54, 1.807) is 17.5 Å². The Hall–Kier alpha value is -4.58. The van der Waals surface area contributed by atoms with Gasteiger partial charge in [0.25, 0.3) is 23.2 Å². The zero-order valence-corrected chi connectivity index (χ0v) is 17.8. The maximum Gasteiger partial charge on any atom is 0.273 e. The summed E-state index contributed by atoms with van der Waals surface area (Å²) in [7, 11) is 1.28. The first-order valence-electron chi connectivity index (χ1n) is 9.23. The second kappa shape index (κ2) is 10.2. The zero-order chi connectivity index (χ0) is 24.0. The average molecular weight is 468 g/mol. The molecule has 2 aromatic carbocycles. The largest absolute Gasteiger partial charge is 0.494 e. The summed E-state index contributed by atoms with van der Waals surface area (Å²) in [6.07, 6.45) is 1.28. The number of nitro benzene ring substituents is 2. The van der Waals surface area contributed by atoms with E-state index in [2.05, 4.69) is 10.6 Å². The monoisotopic (exact) mass is 468 g/mol. The molecule has 3 aromatic rings. The number of nitrogens with zero attached hydrogens (tertiary/aromatic N) is 2. The van der Waals surface area contributed by atoms with Crippen LogP contribution in [0.15, 0.2) is 65.7 Å². The van der Waals surface area contributed by atoms with Crippen LogP contribution in [0.25, 0.3) is 6.08 Å². The Morgan fingerprint density at radius 2 is 1.73 bits per heavy atom. The Kier molecular flexibility index (Phi) is 7.10. The highest BCUT2D eigenvalue weighted by Crippen LogP contribution is 2.29. The Bertz CT molecular complexity index is 1260. The minimum absolute atomic E-state index is 0.0387. The van der Waals surface area contributed by atoms with E-state index in [9.17, 15) is 29.8 Å². The van der Waals surface area contributed by atoms with Crippen LogP contribution >= 0.6 is 11.3 Å². The molecule has 0 aliphatic rings. The molecule has 0 saturated heterocycles. The van der Waals surface area contributed by atoms with Crippen molar-refractivity contribution in [2.45, 2.75) is 0 Å². The topological polar surface area (TPSA) is 154 Å². The van der Waals surface area contributed by atoms with Gasteiger partial charge in [0.05, 0.1) is 33.6 Å². The number of anilines is 1. The second-order valence-electron chi connectivity index (χ2n) is 6.44. The molecule has 12 heteroatoms.